The average molecular weight is 289 g/mol. The Kier molecular flexibility index (Phi) is 4.26. The number of hydrogen-bond donors (Lipinski definition) is 2. The maximum absolute atomic E-state index is 12.1. The first-order valence-electron chi connectivity index (χ1n) is 6.95. The Balaban J connectivity index is 2.42. The molecule has 1 aromatic heterocycles. The van der Waals surface area contributed by atoms with Gasteiger partial charge in [-0.3, -0.25) is 4.79 Å². The second-order valence-electron chi connectivity index (χ2n) is 5.00. The fraction of sp³-hybridized carbons (Fsp3) is 0.400. The molecule has 0 aliphatic heterocycles. The van der Waals surface area contributed by atoms with Gasteiger partial charge in [0.2, 0.25) is 5.91 Å². The zero-order valence-electron chi connectivity index (χ0n) is 12.4. The molecule has 112 valence electrons. The van der Waals surface area contributed by atoms with Crippen LogP contribution in [0.4, 0.5) is 0 Å². The zero-order valence-corrected chi connectivity index (χ0v) is 12.4. The molecule has 1 heterocycles. The first-order chi connectivity index (χ1) is 9.95. The molecule has 0 aliphatic rings. The molecular weight excluding hydrogens is 270 g/mol. The number of nitrogens with zero attached hydrogens (tertiary/aromatic N) is 2. The SMILES string of the molecule is CCCNC(=O)C(C)n1c(C)nc2cc(C(=O)O)ccc21. The number of rotatable bonds is 5. The van der Waals surface area contributed by atoms with Crippen molar-refractivity contribution in [1.82, 2.24) is 14.9 Å². The van der Waals surface area contributed by atoms with Crippen LogP contribution in [0.3, 0.4) is 0 Å². The summed E-state index contributed by atoms with van der Waals surface area (Å²) >= 11 is 0. The fourth-order valence-electron chi connectivity index (χ4n) is 2.35. The van der Waals surface area contributed by atoms with Crippen LogP contribution in [0, 0.1) is 6.92 Å². The van der Waals surface area contributed by atoms with E-state index in [1.165, 1.54) is 12.1 Å². The van der Waals surface area contributed by atoms with Crippen molar-refractivity contribution >= 4 is 22.9 Å². The standard InChI is InChI=1S/C15H19N3O3/c1-4-7-16-14(19)9(2)18-10(3)17-12-8-11(15(20)21)5-6-13(12)18/h5-6,8-9H,4,7H2,1-3H3,(H,16,19)(H,20,21). The van der Waals surface area contributed by atoms with Gasteiger partial charge in [-0.15, -0.1) is 0 Å². The molecule has 1 aromatic carbocycles. The third kappa shape index (κ3) is 2.89. The second-order valence-corrected chi connectivity index (χ2v) is 5.00. The Labute approximate surface area is 122 Å². The van der Waals surface area contributed by atoms with Crippen LogP contribution in [0.2, 0.25) is 0 Å². The van der Waals surface area contributed by atoms with Gasteiger partial charge in [-0.2, -0.15) is 0 Å². The predicted molar refractivity (Wildman–Crippen MR) is 79.4 cm³/mol. The van der Waals surface area contributed by atoms with Crippen LogP contribution in [0.15, 0.2) is 18.2 Å². The van der Waals surface area contributed by atoms with Crippen molar-refractivity contribution in [3.05, 3.63) is 29.6 Å². The highest BCUT2D eigenvalue weighted by molar-refractivity contribution is 5.93. The molecule has 0 aliphatic carbocycles. The number of carbonyl (C=O) groups is 2. The number of nitrogens with one attached hydrogen (secondary N) is 1. The highest BCUT2D eigenvalue weighted by atomic mass is 16.4. The molecule has 0 saturated heterocycles. The Morgan fingerprint density at radius 2 is 2.14 bits per heavy atom. The predicted octanol–water partition coefficient (Wildman–Crippen LogP) is 2.13. The molecule has 2 rings (SSSR count). The molecule has 0 spiro atoms. The summed E-state index contributed by atoms with van der Waals surface area (Å²) in [5.41, 5.74) is 1.54. The van der Waals surface area contributed by atoms with Crippen LogP contribution < -0.4 is 5.32 Å². The van der Waals surface area contributed by atoms with Crippen LogP contribution in [0.5, 0.6) is 0 Å². The van der Waals surface area contributed by atoms with E-state index in [-0.39, 0.29) is 11.5 Å². The molecule has 6 heteroatoms. The van der Waals surface area contributed by atoms with Crippen LogP contribution in [-0.4, -0.2) is 33.1 Å². The van der Waals surface area contributed by atoms with Crippen molar-refractivity contribution in [2.45, 2.75) is 33.2 Å². The van der Waals surface area contributed by atoms with E-state index in [0.717, 1.165) is 11.9 Å². The molecule has 1 atom stereocenters. The minimum atomic E-state index is -0.988. The van der Waals surface area contributed by atoms with Gasteiger partial charge in [-0.25, -0.2) is 9.78 Å². The van der Waals surface area contributed by atoms with Gasteiger partial charge < -0.3 is 15.0 Å². The summed E-state index contributed by atoms with van der Waals surface area (Å²) in [5, 5.41) is 11.9. The number of carboxylic acid groups (broad SMARTS) is 1. The number of aromatic carboxylic acids is 1. The minimum absolute atomic E-state index is 0.0680. The Morgan fingerprint density at radius 3 is 2.76 bits per heavy atom. The first-order valence-corrected chi connectivity index (χ1v) is 6.95. The Morgan fingerprint density at radius 1 is 1.43 bits per heavy atom. The molecule has 2 aromatic rings. The second kappa shape index (κ2) is 5.95. The number of aryl methyl sites for hydroxylation is 1. The lowest BCUT2D eigenvalue weighted by Gasteiger charge is -2.16. The lowest BCUT2D eigenvalue weighted by molar-refractivity contribution is -0.123. The normalized spacial score (nSPS) is 12.3. The monoisotopic (exact) mass is 289 g/mol. The van der Waals surface area contributed by atoms with Crippen LogP contribution >= 0.6 is 0 Å². The fourth-order valence-corrected chi connectivity index (χ4v) is 2.35. The molecule has 0 saturated carbocycles. The molecule has 0 radical (unpaired) electrons. The Hall–Kier alpha value is -2.37. The molecule has 6 nitrogen and oxygen atoms in total. The highest BCUT2D eigenvalue weighted by Gasteiger charge is 2.20. The van der Waals surface area contributed by atoms with Crippen LogP contribution in [0.1, 0.15) is 42.5 Å². The summed E-state index contributed by atoms with van der Waals surface area (Å²) in [6.45, 7) is 6.25. The van der Waals surface area contributed by atoms with Gasteiger partial charge in [0, 0.05) is 6.54 Å². The van der Waals surface area contributed by atoms with Gasteiger partial charge in [-0.1, -0.05) is 6.92 Å². The summed E-state index contributed by atoms with van der Waals surface area (Å²) in [7, 11) is 0. The third-order valence-electron chi connectivity index (χ3n) is 3.43. The number of amides is 1. The quantitative estimate of drug-likeness (QED) is 0.883. The number of carbonyl (C=O) groups excluding carboxylic acids is 1. The van der Waals surface area contributed by atoms with Crippen molar-refractivity contribution in [2.75, 3.05) is 6.54 Å². The van der Waals surface area contributed by atoms with Gasteiger partial charge in [0.05, 0.1) is 16.6 Å². The summed E-state index contributed by atoms with van der Waals surface area (Å²) in [4.78, 5) is 27.5. The number of aromatic nitrogens is 2. The molecule has 21 heavy (non-hydrogen) atoms. The van der Waals surface area contributed by atoms with Crippen LogP contribution in [0.25, 0.3) is 11.0 Å². The molecular formula is C15H19N3O3. The van der Waals surface area contributed by atoms with Crippen molar-refractivity contribution in [1.29, 1.82) is 0 Å². The van der Waals surface area contributed by atoms with E-state index in [1.807, 2.05) is 25.3 Å². The van der Waals surface area contributed by atoms with Crippen molar-refractivity contribution in [2.24, 2.45) is 0 Å². The van der Waals surface area contributed by atoms with Gasteiger partial charge in [-0.05, 0) is 38.5 Å². The van der Waals surface area contributed by atoms with Gasteiger partial charge in [0.1, 0.15) is 11.9 Å². The van der Waals surface area contributed by atoms with Crippen molar-refractivity contribution in [3.63, 3.8) is 0 Å². The van der Waals surface area contributed by atoms with E-state index < -0.39 is 12.0 Å². The van der Waals surface area contributed by atoms with E-state index in [9.17, 15) is 9.59 Å². The smallest absolute Gasteiger partial charge is 0.335 e. The molecule has 0 fully saturated rings. The van der Waals surface area contributed by atoms with E-state index in [1.54, 1.807) is 6.07 Å². The van der Waals surface area contributed by atoms with Crippen molar-refractivity contribution in [3.8, 4) is 0 Å². The largest absolute Gasteiger partial charge is 0.478 e. The summed E-state index contributed by atoms with van der Waals surface area (Å²) < 4.78 is 1.83. The number of benzene rings is 1. The lowest BCUT2D eigenvalue weighted by atomic mass is 10.2. The summed E-state index contributed by atoms with van der Waals surface area (Å²) in [5.74, 6) is -0.369. The number of fused-ring (bicyclic) bond motifs is 1. The minimum Gasteiger partial charge on any atom is -0.478 e. The van der Waals surface area contributed by atoms with E-state index in [2.05, 4.69) is 10.3 Å². The molecule has 1 amide bonds. The van der Waals surface area contributed by atoms with Crippen LogP contribution in [-0.2, 0) is 4.79 Å². The van der Waals surface area contributed by atoms with Gasteiger partial charge >= 0.3 is 5.97 Å². The number of hydrogen-bond acceptors (Lipinski definition) is 3. The first kappa shape index (κ1) is 15.0. The summed E-state index contributed by atoms with van der Waals surface area (Å²) in [6.07, 6.45) is 0.879. The van der Waals surface area contributed by atoms with E-state index >= 15 is 0 Å². The highest BCUT2D eigenvalue weighted by Crippen LogP contribution is 2.22. The molecule has 2 N–H and O–H groups in total. The third-order valence-corrected chi connectivity index (χ3v) is 3.43. The van der Waals surface area contributed by atoms with E-state index in [0.29, 0.717) is 17.9 Å². The lowest BCUT2D eigenvalue weighted by Crippen LogP contribution is -2.31. The Bertz CT molecular complexity index is 691. The van der Waals surface area contributed by atoms with E-state index in [4.69, 9.17) is 5.11 Å². The zero-order chi connectivity index (χ0) is 15.6. The topological polar surface area (TPSA) is 84.2 Å². The maximum atomic E-state index is 12.1. The van der Waals surface area contributed by atoms with Gasteiger partial charge in [0.15, 0.2) is 0 Å². The average Bonchev–Trinajstić information content (AvgIpc) is 2.78. The number of imidazole rings is 1. The summed E-state index contributed by atoms with van der Waals surface area (Å²) in [6, 6.07) is 4.36. The maximum Gasteiger partial charge on any atom is 0.335 e. The number of carboxylic acids is 1. The van der Waals surface area contributed by atoms with Gasteiger partial charge in [0.25, 0.3) is 0 Å². The molecule has 0 bridgehead atoms. The van der Waals surface area contributed by atoms with Crippen molar-refractivity contribution < 1.29 is 14.7 Å². The molecule has 1 unspecified atom stereocenters.